The summed E-state index contributed by atoms with van der Waals surface area (Å²) in [4.78, 5) is 0. The van der Waals surface area contributed by atoms with Crippen molar-refractivity contribution in [2.45, 2.75) is 32.9 Å². The standard InChI is InChI=1S/C17H22Si/c1-4-14-18(3,16-8-6-5-7-9-16)17-12-10-15(2)11-13-17/h5-13H,4,14H2,1-3H3. The Morgan fingerprint density at radius 1 is 0.833 bits per heavy atom. The van der Waals surface area contributed by atoms with Crippen molar-refractivity contribution >= 4 is 18.4 Å². The molecule has 1 unspecified atom stereocenters. The lowest BCUT2D eigenvalue weighted by atomic mass is 10.2. The molecule has 2 rings (SSSR count). The minimum atomic E-state index is -1.52. The van der Waals surface area contributed by atoms with Crippen LogP contribution < -0.4 is 10.4 Å². The quantitative estimate of drug-likeness (QED) is 0.731. The van der Waals surface area contributed by atoms with Crippen molar-refractivity contribution in [3.8, 4) is 0 Å². The molecular formula is C17H22Si. The van der Waals surface area contributed by atoms with E-state index in [4.69, 9.17) is 0 Å². The lowest BCUT2D eigenvalue weighted by Crippen LogP contribution is -2.55. The summed E-state index contributed by atoms with van der Waals surface area (Å²) in [6.07, 6.45) is 1.26. The van der Waals surface area contributed by atoms with Crippen LogP contribution in [0.25, 0.3) is 0 Å². The summed E-state index contributed by atoms with van der Waals surface area (Å²) in [6.45, 7) is 6.95. The second-order valence-corrected chi connectivity index (χ2v) is 9.63. The van der Waals surface area contributed by atoms with E-state index in [9.17, 15) is 0 Å². The smallest absolute Gasteiger partial charge is 0.0656 e. The summed E-state index contributed by atoms with van der Waals surface area (Å²) >= 11 is 0. The lowest BCUT2D eigenvalue weighted by molar-refractivity contribution is 1.06. The van der Waals surface area contributed by atoms with Gasteiger partial charge in [-0.25, -0.2) is 0 Å². The van der Waals surface area contributed by atoms with E-state index in [1.165, 1.54) is 18.0 Å². The van der Waals surface area contributed by atoms with Gasteiger partial charge in [-0.15, -0.1) is 0 Å². The monoisotopic (exact) mass is 254 g/mol. The topological polar surface area (TPSA) is 0 Å². The highest BCUT2D eigenvalue weighted by molar-refractivity contribution is 7.01. The zero-order chi connectivity index (χ0) is 13.0. The predicted molar refractivity (Wildman–Crippen MR) is 83.6 cm³/mol. The molecule has 0 N–H and O–H groups in total. The highest BCUT2D eigenvalue weighted by atomic mass is 28.3. The fraction of sp³-hybridized carbons (Fsp3) is 0.294. The van der Waals surface area contributed by atoms with Crippen LogP contribution in [0.1, 0.15) is 18.9 Å². The fourth-order valence-electron chi connectivity index (χ4n) is 2.68. The molecule has 0 aliphatic heterocycles. The summed E-state index contributed by atoms with van der Waals surface area (Å²) in [5, 5.41) is 3.11. The van der Waals surface area contributed by atoms with Gasteiger partial charge in [-0.1, -0.05) is 90.4 Å². The van der Waals surface area contributed by atoms with E-state index in [0.717, 1.165) is 0 Å². The van der Waals surface area contributed by atoms with Gasteiger partial charge in [-0.2, -0.15) is 0 Å². The minimum Gasteiger partial charge on any atom is -0.0656 e. The van der Waals surface area contributed by atoms with Crippen LogP contribution in [0.5, 0.6) is 0 Å². The third kappa shape index (κ3) is 2.56. The molecule has 0 saturated carbocycles. The first-order valence-corrected chi connectivity index (χ1v) is 9.50. The Hall–Kier alpha value is -1.34. The van der Waals surface area contributed by atoms with E-state index in [1.807, 2.05) is 0 Å². The van der Waals surface area contributed by atoms with Crippen LogP contribution in [0, 0.1) is 6.92 Å². The number of hydrogen-bond donors (Lipinski definition) is 0. The molecule has 1 atom stereocenters. The van der Waals surface area contributed by atoms with Crippen molar-refractivity contribution < 1.29 is 0 Å². The van der Waals surface area contributed by atoms with Gasteiger partial charge < -0.3 is 0 Å². The summed E-state index contributed by atoms with van der Waals surface area (Å²) < 4.78 is 0. The van der Waals surface area contributed by atoms with Crippen molar-refractivity contribution in [3.63, 3.8) is 0 Å². The maximum absolute atomic E-state index is 2.50. The van der Waals surface area contributed by atoms with Crippen LogP contribution in [0.15, 0.2) is 54.6 Å². The number of aryl methyl sites for hydroxylation is 1. The number of benzene rings is 2. The lowest BCUT2D eigenvalue weighted by Gasteiger charge is -2.28. The average molecular weight is 254 g/mol. The van der Waals surface area contributed by atoms with Gasteiger partial charge in [0.1, 0.15) is 8.07 Å². The summed E-state index contributed by atoms with van der Waals surface area (Å²) in [7, 11) is -1.52. The van der Waals surface area contributed by atoms with E-state index in [1.54, 1.807) is 10.4 Å². The highest BCUT2D eigenvalue weighted by Gasteiger charge is 2.30. The Balaban J connectivity index is 2.47. The molecule has 2 aromatic rings. The zero-order valence-electron chi connectivity index (χ0n) is 11.6. The van der Waals surface area contributed by atoms with E-state index in [2.05, 4.69) is 75.0 Å². The maximum atomic E-state index is 2.50. The Kier molecular flexibility index (Phi) is 4.03. The van der Waals surface area contributed by atoms with Gasteiger partial charge in [0.05, 0.1) is 0 Å². The first kappa shape index (κ1) is 13.1. The Morgan fingerprint density at radius 3 is 1.94 bits per heavy atom. The molecule has 0 nitrogen and oxygen atoms in total. The van der Waals surface area contributed by atoms with Gasteiger partial charge in [0.2, 0.25) is 0 Å². The maximum Gasteiger partial charge on any atom is 0.115 e. The van der Waals surface area contributed by atoms with E-state index in [0.29, 0.717) is 0 Å². The van der Waals surface area contributed by atoms with Gasteiger partial charge >= 0.3 is 0 Å². The molecule has 0 saturated heterocycles. The van der Waals surface area contributed by atoms with Gasteiger partial charge in [0, 0.05) is 0 Å². The van der Waals surface area contributed by atoms with E-state index in [-0.39, 0.29) is 0 Å². The van der Waals surface area contributed by atoms with Crippen molar-refractivity contribution in [2.24, 2.45) is 0 Å². The summed E-state index contributed by atoms with van der Waals surface area (Å²) in [6, 6.07) is 21.6. The zero-order valence-corrected chi connectivity index (χ0v) is 12.6. The van der Waals surface area contributed by atoms with Crippen LogP contribution in [0.3, 0.4) is 0 Å². The molecule has 0 heterocycles. The minimum absolute atomic E-state index is 1.26. The van der Waals surface area contributed by atoms with Gasteiger partial charge in [0.25, 0.3) is 0 Å². The van der Waals surface area contributed by atoms with Gasteiger partial charge in [0.15, 0.2) is 0 Å². The molecule has 0 bridgehead atoms. The van der Waals surface area contributed by atoms with Crippen LogP contribution in [-0.2, 0) is 0 Å². The largest absolute Gasteiger partial charge is 0.115 e. The molecule has 2 aromatic carbocycles. The van der Waals surface area contributed by atoms with Crippen LogP contribution >= 0.6 is 0 Å². The third-order valence-electron chi connectivity index (χ3n) is 3.85. The highest BCUT2D eigenvalue weighted by Crippen LogP contribution is 2.13. The van der Waals surface area contributed by atoms with Crippen molar-refractivity contribution in [1.82, 2.24) is 0 Å². The third-order valence-corrected chi connectivity index (χ3v) is 8.56. The normalized spacial score (nSPS) is 14.2. The number of rotatable bonds is 4. The summed E-state index contributed by atoms with van der Waals surface area (Å²) in [5.74, 6) is 0. The molecule has 0 amide bonds. The van der Waals surface area contributed by atoms with Crippen molar-refractivity contribution in [2.75, 3.05) is 0 Å². The molecule has 18 heavy (non-hydrogen) atoms. The Bertz CT molecular complexity index is 487. The first-order chi connectivity index (χ1) is 8.66. The second kappa shape index (κ2) is 5.53. The van der Waals surface area contributed by atoms with Gasteiger partial charge in [-0.05, 0) is 13.0 Å². The molecule has 94 valence electrons. The molecule has 0 aromatic heterocycles. The molecule has 0 radical (unpaired) electrons. The molecule has 1 heteroatoms. The fourth-order valence-corrected chi connectivity index (χ4v) is 6.42. The molecule has 0 fully saturated rings. The van der Waals surface area contributed by atoms with Crippen molar-refractivity contribution in [3.05, 3.63) is 60.2 Å². The first-order valence-electron chi connectivity index (χ1n) is 6.79. The molecule has 0 aliphatic rings. The van der Waals surface area contributed by atoms with Crippen LogP contribution in [-0.4, -0.2) is 8.07 Å². The van der Waals surface area contributed by atoms with Crippen molar-refractivity contribution in [1.29, 1.82) is 0 Å². The van der Waals surface area contributed by atoms with Crippen LogP contribution in [0.2, 0.25) is 12.6 Å². The molecular weight excluding hydrogens is 232 g/mol. The van der Waals surface area contributed by atoms with E-state index >= 15 is 0 Å². The molecule has 0 spiro atoms. The van der Waals surface area contributed by atoms with E-state index < -0.39 is 8.07 Å². The number of hydrogen-bond acceptors (Lipinski definition) is 0. The molecule has 0 aliphatic carbocycles. The SMILES string of the molecule is CCC[Si](C)(c1ccccc1)c1ccc(C)cc1. The average Bonchev–Trinajstić information content (AvgIpc) is 2.40. The Morgan fingerprint density at radius 2 is 1.39 bits per heavy atom. The summed E-state index contributed by atoms with van der Waals surface area (Å²) in [5.41, 5.74) is 1.35. The van der Waals surface area contributed by atoms with Crippen LogP contribution in [0.4, 0.5) is 0 Å². The second-order valence-electron chi connectivity index (χ2n) is 5.31. The Labute approximate surface area is 112 Å². The van der Waals surface area contributed by atoms with Gasteiger partial charge in [-0.3, -0.25) is 0 Å². The predicted octanol–water partition coefficient (Wildman–Crippen LogP) is 3.60.